The Morgan fingerprint density at radius 1 is 1.18 bits per heavy atom. The number of aromatic nitrogens is 5. The van der Waals surface area contributed by atoms with Crippen LogP contribution in [0.5, 0.6) is 0 Å². The normalized spacial score (nSPS) is 22.5. The van der Waals surface area contributed by atoms with Crippen molar-refractivity contribution in [3.8, 4) is 34.1 Å². The molecule has 0 spiro atoms. The Hall–Kier alpha value is -4.55. The molecule has 2 aliphatic rings. The van der Waals surface area contributed by atoms with E-state index in [0.717, 1.165) is 53.5 Å². The van der Waals surface area contributed by atoms with Gasteiger partial charge < -0.3 is 15.5 Å². The molecule has 40 heavy (non-hydrogen) atoms. The van der Waals surface area contributed by atoms with Gasteiger partial charge in [-0.15, -0.1) is 10.2 Å². The number of carbonyl (C=O) groups is 1. The number of hydrogen-bond acceptors (Lipinski definition) is 10. The SMILES string of the molecule is CC(=O)NC1(C)[C@@H]2CC[C@H]1CN(c1nnc(-c3cnc(-c4ccc5cc(C#N)cnn45)cc3N[C@H](C)C#N)s1)C2. The number of amides is 1. The van der Waals surface area contributed by atoms with Gasteiger partial charge in [-0.3, -0.25) is 9.78 Å². The molecule has 4 aromatic heterocycles. The Morgan fingerprint density at radius 2 is 1.95 bits per heavy atom. The third-order valence-electron chi connectivity index (χ3n) is 8.16. The summed E-state index contributed by atoms with van der Waals surface area (Å²) in [5.41, 5.74) is 4.01. The number of anilines is 2. The van der Waals surface area contributed by atoms with Crippen molar-refractivity contribution >= 4 is 33.6 Å². The summed E-state index contributed by atoms with van der Waals surface area (Å²) in [6.07, 6.45) is 5.44. The van der Waals surface area contributed by atoms with E-state index in [1.807, 2.05) is 18.2 Å². The standard InChI is InChI=1S/C28H28N10OS/c1-16(10-29)33-23-9-24(25-7-6-21-8-18(11-30)12-32-38(21)25)31-13-22(23)26-35-36-27(40-26)37-14-19-4-5-20(15-37)28(19,3)34-17(2)39/h6-9,12-13,16,19-20H,4-5,14-15H2,1-3H3,(H,31,33)(H,34,39)/t16-,19-,20+,28?/m1/s1. The summed E-state index contributed by atoms with van der Waals surface area (Å²) in [6, 6.07) is 11.4. The van der Waals surface area contributed by atoms with Crippen LogP contribution in [-0.2, 0) is 4.79 Å². The number of piperidine rings is 1. The average molecular weight is 553 g/mol. The molecule has 2 fully saturated rings. The molecule has 1 saturated heterocycles. The van der Waals surface area contributed by atoms with Crippen molar-refractivity contribution in [1.82, 2.24) is 30.1 Å². The predicted octanol–water partition coefficient (Wildman–Crippen LogP) is 3.85. The number of nitriles is 2. The average Bonchev–Trinajstić information content (AvgIpc) is 3.61. The molecule has 1 unspecified atom stereocenters. The Kier molecular flexibility index (Phi) is 6.35. The van der Waals surface area contributed by atoms with E-state index in [9.17, 15) is 15.3 Å². The summed E-state index contributed by atoms with van der Waals surface area (Å²) in [5.74, 6) is 0.725. The molecule has 1 saturated carbocycles. The first kappa shape index (κ1) is 25.7. The second-order valence-electron chi connectivity index (χ2n) is 10.8. The minimum atomic E-state index is -0.439. The number of rotatable bonds is 6. The third-order valence-corrected chi connectivity index (χ3v) is 9.18. The molecule has 6 rings (SSSR count). The minimum absolute atomic E-state index is 0.0180. The first-order valence-corrected chi connectivity index (χ1v) is 14.0. The van der Waals surface area contributed by atoms with Crippen LogP contribution in [0.4, 0.5) is 10.8 Å². The van der Waals surface area contributed by atoms with Gasteiger partial charge in [0.1, 0.15) is 12.1 Å². The number of carbonyl (C=O) groups excluding carboxylic acids is 1. The lowest BCUT2D eigenvalue weighted by Gasteiger charge is -2.45. The fourth-order valence-corrected chi connectivity index (χ4v) is 6.99. The maximum Gasteiger partial charge on any atom is 0.217 e. The summed E-state index contributed by atoms with van der Waals surface area (Å²) < 4.78 is 1.74. The Labute approximate surface area is 235 Å². The Morgan fingerprint density at radius 3 is 2.65 bits per heavy atom. The van der Waals surface area contributed by atoms with Crippen LogP contribution in [-0.4, -0.2) is 55.4 Å². The van der Waals surface area contributed by atoms with Gasteiger partial charge in [-0.05, 0) is 62.8 Å². The van der Waals surface area contributed by atoms with Gasteiger partial charge in [0.2, 0.25) is 11.0 Å². The van der Waals surface area contributed by atoms with Crippen LogP contribution in [0.2, 0.25) is 0 Å². The number of pyridine rings is 1. The molecule has 0 aromatic carbocycles. The largest absolute Gasteiger partial charge is 0.369 e. The number of nitrogens with one attached hydrogen (secondary N) is 2. The van der Waals surface area contributed by atoms with E-state index >= 15 is 0 Å². The molecule has 4 atom stereocenters. The molecule has 202 valence electrons. The molecular formula is C28H28N10OS. The van der Waals surface area contributed by atoms with Crippen molar-refractivity contribution in [3.63, 3.8) is 0 Å². The molecule has 5 heterocycles. The monoisotopic (exact) mass is 552 g/mol. The molecule has 0 radical (unpaired) electrons. The molecule has 11 nitrogen and oxygen atoms in total. The van der Waals surface area contributed by atoms with Crippen LogP contribution in [0.25, 0.3) is 27.5 Å². The van der Waals surface area contributed by atoms with Crippen LogP contribution in [0.1, 0.15) is 39.2 Å². The van der Waals surface area contributed by atoms with Crippen LogP contribution >= 0.6 is 11.3 Å². The number of fused-ring (bicyclic) bond motifs is 3. The number of nitrogens with zero attached hydrogens (tertiary/aromatic N) is 8. The first-order valence-electron chi connectivity index (χ1n) is 13.2. The van der Waals surface area contributed by atoms with Gasteiger partial charge in [0.05, 0.1) is 40.3 Å². The summed E-state index contributed by atoms with van der Waals surface area (Å²) in [7, 11) is 0. The second kappa shape index (κ2) is 9.88. The van der Waals surface area contributed by atoms with Gasteiger partial charge in [0.15, 0.2) is 5.01 Å². The second-order valence-corrected chi connectivity index (χ2v) is 11.7. The van der Waals surface area contributed by atoms with Crippen molar-refractivity contribution in [1.29, 1.82) is 10.5 Å². The summed E-state index contributed by atoms with van der Waals surface area (Å²) in [5, 5.41) is 40.2. The van der Waals surface area contributed by atoms with Gasteiger partial charge in [-0.1, -0.05) is 11.3 Å². The summed E-state index contributed by atoms with van der Waals surface area (Å²) in [4.78, 5) is 18.9. The fourth-order valence-electron chi connectivity index (χ4n) is 6.10. The van der Waals surface area contributed by atoms with Crippen LogP contribution in [0.15, 0.2) is 36.7 Å². The summed E-state index contributed by atoms with van der Waals surface area (Å²) in [6.45, 7) is 7.19. The van der Waals surface area contributed by atoms with E-state index in [-0.39, 0.29) is 11.4 Å². The lowest BCUT2D eigenvalue weighted by atomic mass is 9.78. The van der Waals surface area contributed by atoms with E-state index in [2.05, 4.69) is 49.9 Å². The van der Waals surface area contributed by atoms with E-state index in [0.29, 0.717) is 28.1 Å². The van der Waals surface area contributed by atoms with Gasteiger partial charge in [0, 0.05) is 37.4 Å². The van der Waals surface area contributed by atoms with Gasteiger partial charge in [-0.2, -0.15) is 15.6 Å². The first-order chi connectivity index (χ1) is 19.3. The van der Waals surface area contributed by atoms with E-state index in [1.165, 1.54) is 17.5 Å². The van der Waals surface area contributed by atoms with Crippen molar-refractivity contribution < 1.29 is 4.79 Å². The number of hydrogen-bond donors (Lipinski definition) is 2. The van der Waals surface area contributed by atoms with Crippen LogP contribution in [0, 0.1) is 34.5 Å². The highest BCUT2D eigenvalue weighted by molar-refractivity contribution is 7.18. The molecular weight excluding hydrogens is 524 g/mol. The van der Waals surface area contributed by atoms with Gasteiger partial charge >= 0.3 is 0 Å². The van der Waals surface area contributed by atoms with Gasteiger partial charge in [0.25, 0.3) is 0 Å². The zero-order valence-corrected chi connectivity index (χ0v) is 23.2. The van der Waals surface area contributed by atoms with Crippen LogP contribution < -0.4 is 15.5 Å². The molecule has 1 amide bonds. The van der Waals surface area contributed by atoms with Crippen LogP contribution in [0.3, 0.4) is 0 Å². The van der Waals surface area contributed by atoms with E-state index in [4.69, 9.17) is 4.98 Å². The maximum atomic E-state index is 11.9. The molecule has 2 bridgehead atoms. The van der Waals surface area contributed by atoms with E-state index < -0.39 is 6.04 Å². The highest BCUT2D eigenvalue weighted by Crippen LogP contribution is 2.47. The highest BCUT2D eigenvalue weighted by atomic mass is 32.1. The zero-order chi connectivity index (χ0) is 28.0. The quantitative estimate of drug-likeness (QED) is 0.364. The third kappa shape index (κ3) is 4.40. The lowest BCUT2D eigenvalue weighted by molar-refractivity contribution is -0.121. The van der Waals surface area contributed by atoms with Crippen molar-refractivity contribution in [2.45, 2.75) is 45.2 Å². The van der Waals surface area contributed by atoms with Crippen molar-refractivity contribution in [2.75, 3.05) is 23.3 Å². The maximum absolute atomic E-state index is 11.9. The van der Waals surface area contributed by atoms with Crippen molar-refractivity contribution in [3.05, 3.63) is 42.2 Å². The highest BCUT2D eigenvalue weighted by Gasteiger charge is 2.51. The minimum Gasteiger partial charge on any atom is -0.369 e. The molecule has 4 aromatic rings. The summed E-state index contributed by atoms with van der Waals surface area (Å²) >= 11 is 1.50. The Bertz CT molecular complexity index is 1680. The lowest BCUT2D eigenvalue weighted by Crippen LogP contribution is -2.61. The van der Waals surface area contributed by atoms with Crippen molar-refractivity contribution in [2.24, 2.45) is 11.8 Å². The van der Waals surface area contributed by atoms with Gasteiger partial charge in [-0.25, -0.2) is 4.52 Å². The fraction of sp³-hybridized carbons (Fsp3) is 0.393. The molecule has 12 heteroatoms. The zero-order valence-electron chi connectivity index (χ0n) is 22.4. The topological polar surface area (TPSA) is 148 Å². The molecule has 2 N–H and O–H groups in total. The Balaban J connectivity index is 1.31. The smallest absolute Gasteiger partial charge is 0.217 e. The predicted molar refractivity (Wildman–Crippen MR) is 151 cm³/mol. The molecule has 1 aliphatic carbocycles. The molecule has 1 aliphatic heterocycles. The van der Waals surface area contributed by atoms with E-state index in [1.54, 1.807) is 30.6 Å².